The summed E-state index contributed by atoms with van der Waals surface area (Å²) < 4.78 is 28.6. The highest BCUT2D eigenvalue weighted by Crippen LogP contribution is 2.50. The quantitative estimate of drug-likeness (QED) is 0.907. The highest BCUT2D eigenvalue weighted by molar-refractivity contribution is 7.89. The zero-order valence-corrected chi connectivity index (χ0v) is 14.9. The molecule has 1 aromatic carbocycles. The Morgan fingerprint density at radius 3 is 2.79 bits per heavy atom. The minimum Gasteiger partial charge on any atom is -0.330 e. The number of hydrogen-bond donors (Lipinski definition) is 1. The van der Waals surface area contributed by atoms with Gasteiger partial charge in [-0.2, -0.15) is 4.31 Å². The maximum Gasteiger partial charge on any atom is 0.245 e. The summed E-state index contributed by atoms with van der Waals surface area (Å²) in [5, 5.41) is 1.18. The first-order chi connectivity index (χ1) is 11.5. The minimum absolute atomic E-state index is 0.228. The van der Waals surface area contributed by atoms with Crippen LogP contribution in [0.2, 0.25) is 5.02 Å². The summed E-state index contributed by atoms with van der Waals surface area (Å²) in [7, 11) is -3.64. The van der Waals surface area contributed by atoms with Crippen molar-refractivity contribution in [1.82, 2.24) is 9.29 Å². The smallest absolute Gasteiger partial charge is 0.245 e. The molecule has 2 heterocycles. The van der Waals surface area contributed by atoms with Gasteiger partial charge in [0.1, 0.15) is 4.90 Å². The van der Waals surface area contributed by atoms with Gasteiger partial charge in [0.25, 0.3) is 0 Å². The van der Waals surface area contributed by atoms with Gasteiger partial charge in [0.2, 0.25) is 10.0 Å². The number of sulfonamides is 1. The van der Waals surface area contributed by atoms with Crippen molar-refractivity contribution in [3.8, 4) is 0 Å². The van der Waals surface area contributed by atoms with E-state index < -0.39 is 10.0 Å². The number of hydrogen-bond acceptors (Lipinski definition) is 4. The summed E-state index contributed by atoms with van der Waals surface area (Å²) in [6.45, 7) is 1.02. The van der Waals surface area contributed by atoms with Gasteiger partial charge in [0.15, 0.2) is 0 Å². The van der Waals surface area contributed by atoms with Crippen molar-refractivity contribution in [3.63, 3.8) is 0 Å². The van der Waals surface area contributed by atoms with E-state index in [1.165, 1.54) is 0 Å². The fraction of sp³-hybridized carbons (Fsp3) is 0.471. The SMILES string of the molecule is NCC1CN(S(=O)(=O)c2cccc3c(Cl)ccnc23)C2(CCC2)C1. The van der Waals surface area contributed by atoms with Crippen LogP contribution in [-0.2, 0) is 10.0 Å². The molecule has 5 nitrogen and oxygen atoms in total. The first-order valence-electron chi connectivity index (χ1n) is 8.24. The Balaban J connectivity index is 1.85. The molecule has 2 aromatic rings. The summed E-state index contributed by atoms with van der Waals surface area (Å²) in [5.74, 6) is 0.228. The molecule has 1 saturated heterocycles. The average molecular weight is 366 g/mol. The zero-order chi connectivity index (χ0) is 16.9. The third-order valence-corrected chi connectivity index (χ3v) is 7.82. The number of rotatable bonds is 3. The molecule has 2 N–H and O–H groups in total. The van der Waals surface area contributed by atoms with Crippen molar-refractivity contribution in [2.75, 3.05) is 13.1 Å². The zero-order valence-electron chi connectivity index (χ0n) is 13.3. The Bertz CT molecular complexity index is 896. The van der Waals surface area contributed by atoms with E-state index in [0.29, 0.717) is 29.0 Å². The molecule has 1 spiro atoms. The molecule has 1 atom stereocenters. The summed E-state index contributed by atoms with van der Waals surface area (Å²) in [6, 6.07) is 6.83. The van der Waals surface area contributed by atoms with Gasteiger partial charge in [0.05, 0.1) is 10.5 Å². The largest absolute Gasteiger partial charge is 0.330 e. The number of aromatic nitrogens is 1. The van der Waals surface area contributed by atoms with Gasteiger partial charge < -0.3 is 5.73 Å². The first kappa shape index (κ1) is 16.3. The lowest BCUT2D eigenvalue weighted by Gasteiger charge is -2.44. The molecular weight excluding hydrogens is 346 g/mol. The molecule has 4 rings (SSSR count). The fourth-order valence-corrected chi connectivity index (χ4v) is 6.40. The van der Waals surface area contributed by atoms with Crippen LogP contribution in [0.15, 0.2) is 35.4 Å². The number of nitrogens with zero attached hydrogens (tertiary/aromatic N) is 2. The first-order valence-corrected chi connectivity index (χ1v) is 10.1. The summed E-state index contributed by atoms with van der Waals surface area (Å²) in [4.78, 5) is 4.54. The molecule has 0 bridgehead atoms. The van der Waals surface area contributed by atoms with Gasteiger partial charge in [-0.1, -0.05) is 23.7 Å². The monoisotopic (exact) mass is 365 g/mol. The van der Waals surface area contributed by atoms with Crippen LogP contribution in [0.25, 0.3) is 10.9 Å². The lowest BCUT2D eigenvalue weighted by atomic mass is 9.74. The summed E-state index contributed by atoms with van der Waals surface area (Å²) in [6.07, 6.45) is 5.32. The van der Waals surface area contributed by atoms with E-state index in [0.717, 1.165) is 25.7 Å². The van der Waals surface area contributed by atoms with Gasteiger partial charge in [0, 0.05) is 23.7 Å². The topological polar surface area (TPSA) is 76.3 Å². The maximum atomic E-state index is 13.4. The third-order valence-electron chi connectivity index (χ3n) is 5.49. The molecule has 1 aliphatic carbocycles. The molecule has 7 heteroatoms. The second-order valence-electron chi connectivity index (χ2n) is 6.86. The van der Waals surface area contributed by atoms with E-state index in [-0.39, 0.29) is 16.4 Å². The second kappa shape index (κ2) is 5.66. The maximum absolute atomic E-state index is 13.4. The molecule has 0 radical (unpaired) electrons. The van der Waals surface area contributed by atoms with Crippen LogP contribution in [0.5, 0.6) is 0 Å². The van der Waals surface area contributed by atoms with Crippen molar-refractivity contribution in [3.05, 3.63) is 35.5 Å². The molecule has 0 amide bonds. The van der Waals surface area contributed by atoms with Gasteiger partial charge in [-0.3, -0.25) is 4.98 Å². The molecule has 1 unspecified atom stereocenters. The molecule has 1 aliphatic heterocycles. The fourth-order valence-electron chi connectivity index (χ4n) is 4.12. The van der Waals surface area contributed by atoms with E-state index >= 15 is 0 Å². The highest BCUT2D eigenvalue weighted by atomic mass is 35.5. The van der Waals surface area contributed by atoms with Crippen LogP contribution in [-0.4, -0.2) is 36.3 Å². The number of para-hydroxylation sites is 1. The van der Waals surface area contributed by atoms with E-state index in [2.05, 4.69) is 4.98 Å². The Hall–Kier alpha value is -1.21. The van der Waals surface area contributed by atoms with Crippen LogP contribution in [0.1, 0.15) is 25.7 Å². The highest BCUT2D eigenvalue weighted by Gasteiger charge is 2.54. The number of nitrogens with two attached hydrogens (primary N) is 1. The van der Waals surface area contributed by atoms with Crippen molar-refractivity contribution < 1.29 is 8.42 Å². The lowest BCUT2D eigenvalue weighted by Crippen LogP contribution is -2.51. The van der Waals surface area contributed by atoms with Crippen LogP contribution in [0.3, 0.4) is 0 Å². The van der Waals surface area contributed by atoms with Crippen LogP contribution in [0.4, 0.5) is 0 Å². The van der Waals surface area contributed by atoms with E-state index in [4.69, 9.17) is 17.3 Å². The van der Waals surface area contributed by atoms with Crippen molar-refractivity contribution in [1.29, 1.82) is 0 Å². The Labute approximate surface area is 146 Å². The minimum atomic E-state index is -3.64. The van der Waals surface area contributed by atoms with Crippen LogP contribution in [0, 0.1) is 5.92 Å². The molecule has 128 valence electrons. The van der Waals surface area contributed by atoms with Crippen LogP contribution < -0.4 is 5.73 Å². The Kier molecular flexibility index (Phi) is 3.84. The van der Waals surface area contributed by atoms with Gasteiger partial charge in [-0.25, -0.2) is 8.42 Å². The van der Waals surface area contributed by atoms with Gasteiger partial charge in [-0.15, -0.1) is 0 Å². The number of pyridine rings is 1. The summed E-state index contributed by atoms with van der Waals surface area (Å²) in [5.41, 5.74) is 6.03. The van der Waals surface area contributed by atoms with E-state index in [1.807, 2.05) is 0 Å². The number of fused-ring (bicyclic) bond motifs is 1. The lowest BCUT2D eigenvalue weighted by molar-refractivity contribution is 0.127. The van der Waals surface area contributed by atoms with Crippen LogP contribution >= 0.6 is 11.6 Å². The second-order valence-corrected chi connectivity index (χ2v) is 9.10. The predicted octanol–water partition coefficient (Wildman–Crippen LogP) is 2.78. The normalized spacial score (nSPS) is 23.7. The molecule has 1 aromatic heterocycles. The molecular formula is C17H20ClN3O2S. The van der Waals surface area contributed by atoms with E-state index in [9.17, 15) is 8.42 Å². The summed E-state index contributed by atoms with van der Waals surface area (Å²) >= 11 is 6.21. The molecule has 2 aliphatic rings. The molecule has 1 saturated carbocycles. The van der Waals surface area contributed by atoms with Crippen molar-refractivity contribution in [2.24, 2.45) is 11.7 Å². The van der Waals surface area contributed by atoms with Crippen molar-refractivity contribution >= 4 is 32.5 Å². The predicted molar refractivity (Wildman–Crippen MR) is 94.4 cm³/mol. The molecule has 2 fully saturated rings. The van der Waals surface area contributed by atoms with Gasteiger partial charge in [-0.05, 0) is 50.3 Å². The van der Waals surface area contributed by atoms with Gasteiger partial charge >= 0.3 is 0 Å². The average Bonchev–Trinajstić information content (AvgIpc) is 2.96. The van der Waals surface area contributed by atoms with E-state index in [1.54, 1.807) is 34.8 Å². The standard InChI is InChI=1S/C17H20ClN3O2S/c18-14-5-8-20-16-13(14)3-1-4-15(16)24(22,23)21-11-12(10-19)9-17(21)6-2-7-17/h1,3-5,8,12H,2,6-7,9-11,19H2. The molecule has 24 heavy (non-hydrogen) atoms. The Morgan fingerprint density at radius 2 is 2.12 bits per heavy atom. The third kappa shape index (κ3) is 2.28. The number of halogens is 1. The van der Waals surface area contributed by atoms with Crippen molar-refractivity contribution in [2.45, 2.75) is 36.1 Å². The number of benzene rings is 1. The Morgan fingerprint density at radius 1 is 1.33 bits per heavy atom.